The third-order valence-electron chi connectivity index (χ3n) is 10.6. The van der Waals surface area contributed by atoms with Crippen LogP contribution >= 0.6 is 0 Å². The van der Waals surface area contributed by atoms with E-state index in [0.29, 0.717) is 11.5 Å². The molecule has 52 heavy (non-hydrogen) atoms. The molecule has 244 valence electrons. The van der Waals surface area contributed by atoms with Gasteiger partial charge in [-0.25, -0.2) is 0 Å². The molecule has 7 aromatic carbocycles. The highest BCUT2D eigenvalue weighted by atomic mass is 15.0. The van der Waals surface area contributed by atoms with Crippen molar-refractivity contribution < 1.29 is 0 Å². The molecule has 0 amide bonds. The van der Waals surface area contributed by atoms with Gasteiger partial charge in [0.2, 0.25) is 0 Å². The van der Waals surface area contributed by atoms with Crippen molar-refractivity contribution in [3.05, 3.63) is 193 Å². The molecular formula is C49H33N3. The Morgan fingerprint density at radius 1 is 0.462 bits per heavy atom. The van der Waals surface area contributed by atoms with Crippen LogP contribution in [0, 0.1) is 11.3 Å². The molecule has 9 aromatic rings. The molecule has 0 saturated carbocycles. The molecule has 1 atom stereocenters. The van der Waals surface area contributed by atoms with Crippen LogP contribution in [0.3, 0.4) is 0 Å². The lowest BCUT2D eigenvalue weighted by Gasteiger charge is -2.18. The maximum absolute atomic E-state index is 9.62. The molecule has 3 nitrogen and oxygen atoms in total. The van der Waals surface area contributed by atoms with E-state index < -0.39 is 0 Å². The Labute approximate surface area is 302 Å². The van der Waals surface area contributed by atoms with Crippen molar-refractivity contribution >= 4 is 43.6 Å². The summed E-state index contributed by atoms with van der Waals surface area (Å²) < 4.78 is 4.71. The van der Waals surface area contributed by atoms with Crippen molar-refractivity contribution in [1.29, 1.82) is 5.26 Å². The fourth-order valence-electron chi connectivity index (χ4n) is 8.18. The largest absolute Gasteiger partial charge is 0.309 e. The lowest BCUT2D eigenvalue weighted by molar-refractivity contribution is 0.852. The normalized spacial score (nSPS) is 14.1. The minimum atomic E-state index is 0.336. The Balaban J connectivity index is 1.15. The highest BCUT2D eigenvalue weighted by molar-refractivity contribution is 6.12. The molecule has 0 N–H and O–H groups in total. The summed E-state index contributed by atoms with van der Waals surface area (Å²) >= 11 is 0. The van der Waals surface area contributed by atoms with Gasteiger partial charge in [-0.3, -0.25) is 0 Å². The Bertz CT molecular complexity index is 2950. The fourth-order valence-corrected chi connectivity index (χ4v) is 8.18. The summed E-state index contributed by atoms with van der Waals surface area (Å²) in [5.74, 6) is 0.336. The van der Waals surface area contributed by atoms with Crippen LogP contribution in [0.5, 0.6) is 0 Å². The van der Waals surface area contributed by atoms with E-state index in [1.165, 1.54) is 66.1 Å². The van der Waals surface area contributed by atoms with E-state index in [9.17, 15) is 5.26 Å². The minimum Gasteiger partial charge on any atom is -0.309 e. The van der Waals surface area contributed by atoms with Gasteiger partial charge in [0.1, 0.15) is 0 Å². The van der Waals surface area contributed by atoms with Crippen molar-refractivity contribution in [2.24, 2.45) is 0 Å². The van der Waals surface area contributed by atoms with Crippen molar-refractivity contribution in [2.45, 2.75) is 12.3 Å². The summed E-state index contributed by atoms with van der Waals surface area (Å²) in [6, 6.07) is 59.0. The topological polar surface area (TPSA) is 33.6 Å². The molecule has 0 fully saturated rings. The van der Waals surface area contributed by atoms with Gasteiger partial charge in [-0.15, -0.1) is 0 Å². The molecule has 1 aliphatic carbocycles. The van der Waals surface area contributed by atoms with Crippen molar-refractivity contribution in [2.75, 3.05) is 0 Å². The van der Waals surface area contributed by atoms with Gasteiger partial charge in [0.25, 0.3) is 0 Å². The number of nitrogens with zero attached hydrogens (tertiary/aromatic N) is 3. The summed E-state index contributed by atoms with van der Waals surface area (Å²) in [5, 5.41) is 14.5. The van der Waals surface area contributed by atoms with Crippen LogP contribution in [0.2, 0.25) is 0 Å². The Morgan fingerprint density at radius 3 is 1.75 bits per heavy atom. The van der Waals surface area contributed by atoms with E-state index in [1.54, 1.807) is 0 Å². The lowest BCUT2D eigenvalue weighted by Crippen LogP contribution is -2.01. The van der Waals surface area contributed by atoms with Gasteiger partial charge in [-0.05, 0) is 101 Å². The van der Waals surface area contributed by atoms with E-state index in [-0.39, 0.29) is 0 Å². The highest BCUT2D eigenvalue weighted by Crippen LogP contribution is 2.40. The van der Waals surface area contributed by atoms with Gasteiger partial charge in [0, 0.05) is 38.8 Å². The summed E-state index contributed by atoms with van der Waals surface area (Å²) in [5.41, 5.74) is 13.6. The first kappa shape index (κ1) is 30.0. The van der Waals surface area contributed by atoms with Crippen LogP contribution in [0.4, 0.5) is 0 Å². The monoisotopic (exact) mass is 663 g/mol. The van der Waals surface area contributed by atoms with Crippen LogP contribution in [-0.2, 0) is 0 Å². The van der Waals surface area contributed by atoms with Crippen molar-refractivity contribution in [3.63, 3.8) is 0 Å². The predicted molar refractivity (Wildman–Crippen MR) is 216 cm³/mol. The van der Waals surface area contributed by atoms with Gasteiger partial charge < -0.3 is 9.13 Å². The number of allylic oxidation sites excluding steroid dienone is 4. The lowest BCUT2D eigenvalue weighted by atomic mass is 9.89. The second-order valence-electron chi connectivity index (χ2n) is 13.7. The summed E-state index contributed by atoms with van der Waals surface area (Å²) in [6.45, 7) is 0. The van der Waals surface area contributed by atoms with E-state index >= 15 is 0 Å². The zero-order chi connectivity index (χ0) is 34.6. The summed E-state index contributed by atoms with van der Waals surface area (Å²) in [6.07, 6.45) is 9.91. The smallest absolute Gasteiger partial charge is 0.0992 e. The number of hydrogen-bond donors (Lipinski definition) is 0. The van der Waals surface area contributed by atoms with Crippen LogP contribution in [0.25, 0.3) is 77.2 Å². The van der Waals surface area contributed by atoms with E-state index in [1.807, 2.05) is 18.2 Å². The zero-order valence-electron chi connectivity index (χ0n) is 28.4. The number of hydrogen-bond acceptors (Lipinski definition) is 1. The van der Waals surface area contributed by atoms with Gasteiger partial charge in [0.15, 0.2) is 0 Å². The maximum Gasteiger partial charge on any atom is 0.0992 e. The first-order valence-corrected chi connectivity index (χ1v) is 17.8. The molecule has 0 saturated heterocycles. The van der Waals surface area contributed by atoms with E-state index in [0.717, 1.165) is 23.1 Å². The number of aromatic nitrogens is 2. The standard InChI is InChI=1S/C49H33N3/c50-32-33-12-11-17-40(26-33)51-46-20-9-7-18-42(46)44-30-36(22-24-48(44)51)37-23-25-49-45(31-37)43-19-8-10-21-47(43)52(49)41-28-38(34-13-3-1-4-14-34)27-39(29-41)35-15-5-2-6-16-35/h1-15,17-31,35H,16H2. The van der Waals surface area contributed by atoms with E-state index in [2.05, 4.69) is 179 Å². The molecule has 10 rings (SSSR count). The molecule has 2 heterocycles. The average molecular weight is 664 g/mol. The van der Waals surface area contributed by atoms with Crippen molar-refractivity contribution in [3.8, 4) is 39.7 Å². The first-order valence-electron chi connectivity index (χ1n) is 17.8. The molecule has 2 aromatic heterocycles. The predicted octanol–water partition coefficient (Wildman–Crippen LogP) is 12.7. The summed E-state index contributed by atoms with van der Waals surface area (Å²) in [7, 11) is 0. The summed E-state index contributed by atoms with van der Waals surface area (Å²) in [4.78, 5) is 0. The highest BCUT2D eigenvalue weighted by Gasteiger charge is 2.18. The second kappa shape index (κ2) is 12.2. The number of fused-ring (bicyclic) bond motifs is 6. The fraction of sp³-hybridized carbons (Fsp3) is 0.0408. The van der Waals surface area contributed by atoms with Gasteiger partial charge in [0.05, 0.1) is 33.7 Å². The molecule has 3 heteroatoms. The van der Waals surface area contributed by atoms with Crippen LogP contribution in [0.15, 0.2) is 182 Å². The number of benzene rings is 7. The minimum absolute atomic E-state index is 0.336. The van der Waals surface area contributed by atoms with Gasteiger partial charge >= 0.3 is 0 Å². The molecule has 1 aliphatic rings. The Hall–Kier alpha value is -6.89. The first-order chi connectivity index (χ1) is 25.7. The third kappa shape index (κ3) is 4.88. The van der Waals surface area contributed by atoms with Crippen LogP contribution in [0.1, 0.15) is 23.5 Å². The SMILES string of the molecule is N#Cc1cccc(-n2c3ccccc3c3cc(-c4ccc5c(c4)c4ccccc4n5-c4cc(-c5ccccc5)cc(C5C=CC=CC5)c4)ccc32)c1. The number of nitriles is 1. The third-order valence-corrected chi connectivity index (χ3v) is 10.6. The number of rotatable bonds is 5. The van der Waals surface area contributed by atoms with Crippen LogP contribution < -0.4 is 0 Å². The van der Waals surface area contributed by atoms with E-state index in [4.69, 9.17) is 0 Å². The Kier molecular flexibility index (Phi) is 7.01. The molecular weight excluding hydrogens is 631 g/mol. The molecule has 0 aliphatic heterocycles. The van der Waals surface area contributed by atoms with Gasteiger partial charge in [-0.1, -0.05) is 115 Å². The molecule has 1 unspecified atom stereocenters. The molecule has 0 radical (unpaired) electrons. The quantitative estimate of drug-likeness (QED) is 0.180. The zero-order valence-corrected chi connectivity index (χ0v) is 28.4. The van der Waals surface area contributed by atoms with Gasteiger partial charge in [-0.2, -0.15) is 5.26 Å². The number of para-hydroxylation sites is 2. The van der Waals surface area contributed by atoms with Crippen LogP contribution in [-0.4, -0.2) is 9.13 Å². The van der Waals surface area contributed by atoms with Crippen molar-refractivity contribution in [1.82, 2.24) is 9.13 Å². The molecule has 0 bridgehead atoms. The second-order valence-corrected chi connectivity index (χ2v) is 13.7. The maximum atomic E-state index is 9.62. The average Bonchev–Trinajstić information content (AvgIpc) is 3.73. The Morgan fingerprint density at radius 2 is 1.10 bits per heavy atom. The molecule has 0 spiro atoms.